The fourth-order valence-electron chi connectivity index (χ4n) is 2.30. The number of aliphatic hydroxyl groups excluding tert-OH is 1. The molecule has 1 aliphatic rings. The number of ether oxygens (including phenoxy) is 2. The molecule has 1 N–H and O–H groups in total. The lowest BCUT2D eigenvalue weighted by Gasteiger charge is -2.35. The van der Waals surface area contributed by atoms with Gasteiger partial charge in [-0.25, -0.2) is 4.79 Å². The highest BCUT2D eigenvalue weighted by Crippen LogP contribution is 2.34. The molecule has 0 saturated carbocycles. The average molecular weight is 269 g/mol. The molecule has 5 nitrogen and oxygen atoms in total. The Morgan fingerprint density at radius 3 is 2.47 bits per heavy atom. The Hall–Kier alpha value is -1.25. The summed E-state index contributed by atoms with van der Waals surface area (Å²) >= 11 is 0. The molecule has 0 unspecified atom stereocenters. The van der Waals surface area contributed by atoms with Crippen molar-refractivity contribution in [1.29, 1.82) is 0 Å². The second kappa shape index (κ2) is 5.03. The van der Waals surface area contributed by atoms with Crippen molar-refractivity contribution in [2.45, 2.75) is 71.1 Å². The van der Waals surface area contributed by atoms with E-state index >= 15 is 0 Å². The Bertz CT molecular complexity index is 391. The minimum atomic E-state index is -1.09. The minimum Gasteiger partial charge on any atom is -0.444 e. The van der Waals surface area contributed by atoms with E-state index in [9.17, 15) is 9.90 Å². The first kappa shape index (κ1) is 15.8. The van der Waals surface area contributed by atoms with Gasteiger partial charge in [0.05, 0.1) is 6.10 Å². The molecule has 1 saturated heterocycles. The monoisotopic (exact) mass is 269 g/mol. The molecule has 5 heteroatoms. The van der Waals surface area contributed by atoms with E-state index in [2.05, 4.69) is 5.92 Å². The van der Waals surface area contributed by atoms with Crippen LogP contribution in [0.1, 0.15) is 41.5 Å². The van der Waals surface area contributed by atoms with Gasteiger partial charge in [0.25, 0.3) is 0 Å². The fourth-order valence-corrected chi connectivity index (χ4v) is 2.30. The predicted octanol–water partition coefficient (Wildman–Crippen LogP) is 1.74. The van der Waals surface area contributed by atoms with E-state index in [0.717, 1.165) is 0 Å². The SMILES string of the molecule is C#C[C@H](O)[C@@H]1[C@@H](C)OC(C)(C)N1C(=O)OC(C)(C)C. The zero-order chi connectivity index (χ0) is 15.0. The van der Waals surface area contributed by atoms with Crippen molar-refractivity contribution in [2.75, 3.05) is 0 Å². The Morgan fingerprint density at radius 2 is 2.05 bits per heavy atom. The first-order chi connectivity index (χ1) is 8.49. The number of terminal acetylenes is 1. The molecular weight excluding hydrogens is 246 g/mol. The van der Waals surface area contributed by atoms with E-state index in [4.69, 9.17) is 15.9 Å². The molecule has 1 heterocycles. The van der Waals surface area contributed by atoms with Gasteiger partial charge in [0, 0.05) is 0 Å². The van der Waals surface area contributed by atoms with Crippen LogP contribution in [0.5, 0.6) is 0 Å². The van der Waals surface area contributed by atoms with Crippen LogP contribution in [0.15, 0.2) is 0 Å². The molecule has 3 atom stereocenters. The number of nitrogens with zero attached hydrogens (tertiary/aromatic N) is 1. The first-order valence-electron chi connectivity index (χ1n) is 6.34. The van der Waals surface area contributed by atoms with Crippen molar-refractivity contribution in [3.63, 3.8) is 0 Å². The van der Waals surface area contributed by atoms with Gasteiger partial charge in [-0.1, -0.05) is 5.92 Å². The molecule has 0 spiro atoms. The maximum atomic E-state index is 12.3. The summed E-state index contributed by atoms with van der Waals surface area (Å²) in [5, 5.41) is 9.91. The third-order valence-electron chi connectivity index (χ3n) is 2.92. The molecule has 0 aromatic heterocycles. The smallest absolute Gasteiger partial charge is 0.413 e. The van der Waals surface area contributed by atoms with Gasteiger partial charge in [0.1, 0.15) is 23.5 Å². The molecule has 108 valence electrons. The maximum Gasteiger partial charge on any atom is 0.413 e. The third kappa shape index (κ3) is 3.40. The summed E-state index contributed by atoms with van der Waals surface area (Å²) in [6, 6.07) is -0.616. The number of amides is 1. The van der Waals surface area contributed by atoms with Gasteiger partial charge in [-0.05, 0) is 41.5 Å². The predicted molar refractivity (Wildman–Crippen MR) is 71.3 cm³/mol. The van der Waals surface area contributed by atoms with Crippen LogP contribution in [0.2, 0.25) is 0 Å². The van der Waals surface area contributed by atoms with Crippen LogP contribution in [0.4, 0.5) is 4.79 Å². The summed E-state index contributed by atoms with van der Waals surface area (Å²) in [5.41, 5.74) is -1.49. The normalized spacial score (nSPS) is 27.8. The van der Waals surface area contributed by atoms with Crippen LogP contribution in [0.25, 0.3) is 0 Å². The first-order valence-corrected chi connectivity index (χ1v) is 6.34. The molecule has 0 aromatic carbocycles. The summed E-state index contributed by atoms with van der Waals surface area (Å²) in [5.74, 6) is 2.25. The van der Waals surface area contributed by atoms with Crippen molar-refractivity contribution >= 4 is 6.09 Å². The Kier molecular flexibility index (Phi) is 4.18. The average Bonchev–Trinajstić information content (AvgIpc) is 2.44. The van der Waals surface area contributed by atoms with Crippen LogP contribution in [-0.4, -0.2) is 45.7 Å². The largest absolute Gasteiger partial charge is 0.444 e. The van der Waals surface area contributed by atoms with Crippen molar-refractivity contribution in [3.8, 4) is 12.3 Å². The van der Waals surface area contributed by atoms with Crippen LogP contribution >= 0.6 is 0 Å². The molecule has 1 rings (SSSR count). The summed E-state index contributed by atoms with van der Waals surface area (Å²) in [6.07, 6.45) is 3.26. The number of rotatable bonds is 1. The van der Waals surface area contributed by atoms with Gasteiger partial charge in [0.2, 0.25) is 0 Å². The van der Waals surface area contributed by atoms with Crippen LogP contribution in [0.3, 0.4) is 0 Å². The van der Waals surface area contributed by atoms with E-state index in [1.54, 1.807) is 41.5 Å². The van der Waals surface area contributed by atoms with E-state index < -0.39 is 29.6 Å². The third-order valence-corrected chi connectivity index (χ3v) is 2.92. The van der Waals surface area contributed by atoms with Gasteiger partial charge in [-0.3, -0.25) is 4.90 Å². The minimum absolute atomic E-state index is 0.367. The van der Waals surface area contributed by atoms with Crippen LogP contribution in [-0.2, 0) is 9.47 Å². The zero-order valence-corrected chi connectivity index (χ0v) is 12.4. The number of carbonyl (C=O) groups is 1. The standard InChI is InChI=1S/C14H23NO4/c1-8-10(16)11-9(2)18-14(6,7)15(11)12(17)19-13(3,4)5/h1,9-11,16H,2-7H3/t9-,10+,11+/m1/s1. The summed E-state index contributed by atoms with van der Waals surface area (Å²) in [6.45, 7) is 10.6. The van der Waals surface area contributed by atoms with Crippen LogP contribution < -0.4 is 0 Å². The Labute approximate surface area is 114 Å². The highest BCUT2D eigenvalue weighted by molar-refractivity contribution is 5.70. The second-order valence-electron chi connectivity index (χ2n) is 6.22. The number of hydrogen-bond donors (Lipinski definition) is 1. The highest BCUT2D eigenvalue weighted by Gasteiger charge is 2.51. The van der Waals surface area contributed by atoms with Crippen molar-refractivity contribution in [1.82, 2.24) is 4.90 Å². The van der Waals surface area contributed by atoms with E-state index in [-0.39, 0.29) is 6.10 Å². The second-order valence-corrected chi connectivity index (χ2v) is 6.22. The Balaban J connectivity index is 3.04. The van der Waals surface area contributed by atoms with Crippen molar-refractivity contribution < 1.29 is 19.4 Å². The molecule has 1 fully saturated rings. The Morgan fingerprint density at radius 1 is 1.53 bits per heavy atom. The topological polar surface area (TPSA) is 59.0 Å². The molecule has 0 radical (unpaired) electrons. The number of aliphatic hydroxyl groups is 1. The molecule has 0 aliphatic carbocycles. The quantitative estimate of drug-likeness (QED) is 0.737. The van der Waals surface area contributed by atoms with Gasteiger partial charge in [0.15, 0.2) is 0 Å². The molecular formula is C14H23NO4. The summed E-state index contributed by atoms with van der Waals surface area (Å²) < 4.78 is 11.1. The summed E-state index contributed by atoms with van der Waals surface area (Å²) in [4.78, 5) is 13.7. The van der Waals surface area contributed by atoms with Crippen molar-refractivity contribution in [3.05, 3.63) is 0 Å². The van der Waals surface area contributed by atoms with E-state index in [0.29, 0.717) is 0 Å². The van der Waals surface area contributed by atoms with Crippen molar-refractivity contribution in [2.24, 2.45) is 0 Å². The van der Waals surface area contributed by atoms with Gasteiger partial charge < -0.3 is 14.6 Å². The zero-order valence-electron chi connectivity index (χ0n) is 12.4. The molecule has 1 aliphatic heterocycles. The lowest BCUT2D eigenvalue weighted by molar-refractivity contribution is -0.0767. The van der Waals surface area contributed by atoms with Gasteiger partial charge in [-0.2, -0.15) is 0 Å². The van der Waals surface area contributed by atoms with E-state index in [1.807, 2.05) is 0 Å². The number of hydrogen-bond acceptors (Lipinski definition) is 4. The highest BCUT2D eigenvalue weighted by atomic mass is 16.6. The van der Waals surface area contributed by atoms with Gasteiger partial charge in [-0.15, -0.1) is 6.42 Å². The van der Waals surface area contributed by atoms with Gasteiger partial charge >= 0.3 is 6.09 Å². The molecule has 0 bridgehead atoms. The number of carbonyl (C=O) groups excluding carboxylic acids is 1. The molecule has 0 aromatic rings. The fraction of sp³-hybridized carbons (Fsp3) is 0.786. The maximum absolute atomic E-state index is 12.3. The van der Waals surface area contributed by atoms with E-state index in [1.165, 1.54) is 4.90 Å². The lowest BCUT2D eigenvalue weighted by Crippen LogP contribution is -2.53. The molecule has 1 amide bonds. The van der Waals surface area contributed by atoms with Crippen LogP contribution in [0, 0.1) is 12.3 Å². The summed E-state index contributed by atoms with van der Waals surface area (Å²) in [7, 11) is 0. The molecule has 19 heavy (non-hydrogen) atoms. The lowest BCUT2D eigenvalue weighted by atomic mass is 10.1.